The summed E-state index contributed by atoms with van der Waals surface area (Å²) >= 11 is -1.93. The molecule has 1 heterocycles. The minimum atomic E-state index is -1.93. The Hall–Kier alpha value is -3.31. The molecule has 2 aromatic carbocycles. The number of carbonyl (C=O) groups is 1. The Morgan fingerprint density at radius 2 is 1.79 bits per heavy atom. The van der Waals surface area contributed by atoms with E-state index in [1.165, 1.54) is 23.1 Å². The van der Waals surface area contributed by atoms with Crippen molar-refractivity contribution in [2.75, 3.05) is 24.7 Å². The second kappa shape index (κ2) is 9.28. The van der Waals surface area contributed by atoms with E-state index < -0.39 is 40.1 Å². The summed E-state index contributed by atoms with van der Waals surface area (Å²) in [5.74, 6) is -2.47. The van der Waals surface area contributed by atoms with Gasteiger partial charge in [0.05, 0.1) is 17.3 Å². The molecular weight excluding hydrogens is 452 g/mol. The highest BCUT2D eigenvalue weighted by Crippen LogP contribution is 2.39. The van der Waals surface area contributed by atoms with Gasteiger partial charge >= 0.3 is 0 Å². The molecule has 3 aromatic rings. The number of phenols is 1. The number of carbonyl (C=O) groups excluding carboxylic acids is 1. The van der Waals surface area contributed by atoms with Crippen molar-refractivity contribution in [3.63, 3.8) is 0 Å². The molecule has 0 aliphatic rings. The molecule has 8 nitrogen and oxygen atoms in total. The molecule has 0 bridgehead atoms. The van der Waals surface area contributed by atoms with Gasteiger partial charge in [0.25, 0.3) is 5.91 Å². The number of aromatic hydroxyl groups is 1. The number of phenolic OH excluding ortho intramolecular Hbond substituents is 1. The molecule has 1 amide bonds. The van der Waals surface area contributed by atoms with E-state index in [1.54, 1.807) is 20.2 Å². The van der Waals surface area contributed by atoms with Crippen molar-refractivity contribution in [1.82, 2.24) is 13.6 Å². The van der Waals surface area contributed by atoms with Crippen molar-refractivity contribution >= 4 is 34.4 Å². The normalized spacial score (nSPS) is 12.9. The van der Waals surface area contributed by atoms with Crippen molar-refractivity contribution in [1.29, 1.82) is 0 Å². The summed E-state index contributed by atoms with van der Waals surface area (Å²) in [6.07, 6.45) is 0. The van der Waals surface area contributed by atoms with Gasteiger partial charge in [-0.05, 0) is 35.2 Å². The SMILES string of the molecule is CN(C)C(=O)c1cccc(Nc2n[s+]([O-])nc2NC(c2ccc(F)c(F)c2)C(C)(C)C)c1O. The molecule has 176 valence electrons. The van der Waals surface area contributed by atoms with E-state index in [0.29, 0.717) is 5.56 Å². The highest BCUT2D eigenvalue weighted by molar-refractivity contribution is 7.14. The lowest BCUT2D eigenvalue weighted by atomic mass is 9.82. The number of hydrogen-bond donors (Lipinski definition) is 3. The number of nitrogens with zero attached hydrogens (tertiary/aromatic N) is 3. The van der Waals surface area contributed by atoms with Crippen LogP contribution < -0.4 is 10.6 Å². The number of para-hydroxylation sites is 1. The summed E-state index contributed by atoms with van der Waals surface area (Å²) in [6.45, 7) is 5.68. The number of halogens is 2. The smallest absolute Gasteiger partial charge is 0.257 e. The van der Waals surface area contributed by atoms with Gasteiger partial charge in [-0.2, -0.15) is 0 Å². The first-order valence-corrected chi connectivity index (χ1v) is 11.1. The number of aromatic nitrogens is 2. The van der Waals surface area contributed by atoms with E-state index in [1.807, 2.05) is 20.8 Å². The van der Waals surface area contributed by atoms with E-state index >= 15 is 0 Å². The highest BCUT2D eigenvalue weighted by atomic mass is 32.2. The number of anilines is 3. The van der Waals surface area contributed by atoms with Crippen LogP contribution in [0.15, 0.2) is 36.4 Å². The quantitative estimate of drug-likeness (QED) is 0.344. The van der Waals surface area contributed by atoms with Gasteiger partial charge in [0.1, 0.15) is 0 Å². The van der Waals surface area contributed by atoms with Crippen LogP contribution in [0, 0.1) is 17.0 Å². The molecule has 0 radical (unpaired) electrons. The van der Waals surface area contributed by atoms with Gasteiger partial charge in [0.2, 0.25) is 11.6 Å². The molecule has 3 N–H and O–H groups in total. The van der Waals surface area contributed by atoms with Crippen LogP contribution in [0.5, 0.6) is 5.75 Å². The molecule has 0 fully saturated rings. The van der Waals surface area contributed by atoms with Crippen molar-refractivity contribution in [3.05, 3.63) is 59.2 Å². The van der Waals surface area contributed by atoms with Crippen LogP contribution in [0.3, 0.4) is 0 Å². The van der Waals surface area contributed by atoms with E-state index in [0.717, 1.165) is 12.1 Å². The van der Waals surface area contributed by atoms with Gasteiger partial charge in [0, 0.05) is 22.8 Å². The summed E-state index contributed by atoms with van der Waals surface area (Å²) in [5, 5.41) is 16.6. The summed E-state index contributed by atoms with van der Waals surface area (Å²) in [7, 11) is 3.12. The number of amides is 1. The van der Waals surface area contributed by atoms with Crippen LogP contribution in [0.2, 0.25) is 0 Å². The summed E-state index contributed by atoms with van der Waals surface area (Å²) in [4.78, 5) is 13.6. The summed E-state index contributed by atoms with van der Waals surface area (Å²) in [6, 6.07) is 7.62. The Kier molecular flexibility index (Phi) is 6.84. The van der Waals surface area contributed by atoms with Crippen molar-refractivity contribution in [3.8, 4) is 5.75 Å². The average molecular weight is 478 g/mol. The third-order valence-electron chi connectivity index (χ3n) is 4.91. The summed E-state index contributed by atoms with van der Waals surface area (Å²) < 4.78 is 47.4. The van der Waals surface area contributed by atoms with Crippen LogP contribution >= 0.6 is 11.1 Å². The molecule has 0 saturated carbocycles. The van der Waals surface area contributed by atoms with Crippen molar-refractivity contribution < 1.29 is 23.2 Å². The predicted molar refractivity (Wildman–Crippen MR) is 122 cm³/mol. The number of benzene rings is 2. The van der Waals surface area contributed by atoms with Gasteiger partial charge in [0.15, 0.2) is 28.5 Å². The van der Waals surface area contributed by atoms with Gasteiger partial charge in [-0.3, -0.25) is 4.79 Å². The lowest BCUT2D eigenvalue weighted by Gasteiger charge is -2.32. The zero-order chi connectivity index (χ0) is 24.5. The minimum absolute atomic E-state index is 0.0647. The molecule has 2 atom stereocenters. The Balaban J connectivity index is 1.97. The van der Waals surface area contributed by atoms with Crippen molar-refractivity contribution in [2.24, 2.45) is 5.41 Å². The molecule has 0 spiro atoms. The van der Waals surface area contributed by atoms with E-state index in [9.17, 15) is 23.2 Å². The molecule has 33 heavy (non-hydrogen) atoms. The van der Waals surface area contributed by atoms with E-state index in [-0.39, 0.29) is 28.6 Å². The fraction of sp³-hybridized carbons (Fsp3) is 0.318. The van der Waals surface area contributed by atoms with Gasteiger partial charge in [-0.25, -0.2) is 8.78 Å². The molecule has 0 saturated heterocycles. The van der Waals surface area contributed by atoms with Crippen LogP contribution in [0.25, 0.3) is 0 Å². The molecule has 1 aromatic heterocycles. The zero-order valence-electron chi connectivity index (χ0n) is 18.8. The van der Waals surface area contributed by atoms with Crippen molar-refractivity contribution in [2.45, 2.75) is 26.8 Å². The lowest BCUT2D eigenvalue weighted by Crippen LogP contribution is -2.26. The maximum atomic E-state index is 13.9. The number of hydrogen-bond acceptors (Lipinski definition) is 7. The second-order valence-corrected chi connectivity index (χ2v) is 9.58. The van der Waals surface area contributed by atoms with Gasteiger partial charge in [-0.1, -0.05) is 32.9 Å². The lowest BCUT2D eigenvalue weighted by molar-refractivity contribution is 0.0824. The van der Waals surface area contributed by atoms with E-state index in [2.05, 4.69) is 19.4 Å². The Morgan fingerprint density at radius 1 is 1.12 bits per heavy atom. The van der Waals surface area contributed by atoms with Crippen LogP contribution in [0.1, 0.15) is 42.7 Å². The topological polar surface area (TPSA) is 113 Å². The molecule has 3 rings (SSSR count). The first-order chi connectivity index (χ1) is 15.4. The van der Waals surface area contributed by atoms with Gasteiger partial charge < -0.3 is 25.2 Å². The fourth-order valence-corrected chi connectivity index (χ4v) is 3.88. The fourth-order valence-electron chi connectivity index (χ4n) is 3.25. The van der Waals surface area contributed by atoms with Crippen LogP contribution in [-0.4, -0.2) is 43.3 Å². The third-order valence-corrected chi connectivity index (χ3v) is 5.59. The Bertz CT molecular complexity index is 1180. The highest BCUT2D eigenvalue weighted by Gasteiger charge is 2.30. The van der Waals surface area contributed by atoms with E-state index in [4.69, 9.17) is 0 Å². The number of rotatable bonds is 6. The largest absolute Gasteiger partial charge is 0.546 e. The van der Waals surface area contributed by atoms with Crippen LogP contribution in [0.4, 0.5) is 26.1 Å². The first-order valence-electron chi connectivity index (χ1n) is 10.0. The Morgan fingerprint density at radius 3 is 2.39 bits per heavy atom. The monoisotopic (exact) mass is 477 g/mol. The summed E-state index contributed by atoms with van der Waals surface area (Å²) in [5.41, 5.74) is 0.213. The molecule has 2 unspecified atom stereocenters. The molecule has 0 aliphatic heterocycles. The maximum absolute atomic E-state index is 13.9. The molecule has 0 aliphatic carbocycles. The maximum Gasteiger partial charge on any atom is 0.257 e. The molecular formula is C22H25F2N5O3S. The number of nitrogens with one attached hydrogen (secondary N) is 2. The third kappa shape index (κ3) is 5.37. The predicted octanol–water partition coefficient (Wildman–Crippen LogP) is 4.83. The first kappa shape index (κ1) is 24.3. The standard InChI is InChI=1S/C22H25F2N5O3S/c1-22(2,3)18(12-9-10-14(23)15(24)11-12)26-20-19(27-33(32)28-20)25-16-8-6-7-13(17(16)30)21(31)29(4)5/h6-11,18,30H,1-5H3,(H,25,27)(H,26,28). The molecule has 11 heteroatoms. The minimum Gasteiger partial charge on any atom is -0.546 e. The average Bonchev–Trinajstić information content (AvgIpc) is 3.07. The van der Waals surface area contributed by atoms with Crippen LogP contribution in [-0.2, 0) is 0 Å². The zero-order valence-corrected chi connectivity index (χ0v) is 19.6. The van der Waals surface area contributed by atoms with Gasteiger partial charge in [-0.15, -0.1) is 0 Å². The second-order valence-electron chi connectivity index (χ2n) is 8.75. The Labute approximate surface area is 193 Å².